The highest BCUT2D eigenvalue weighted by atomic mass is 16.6. The Bertz CT molecular complexity index is 933. The van der Waals surface area contributed by atoms with Crippen LogP contribution in [0.3, 0.4) is 0 Å². The Hall–Kier alpha value is -1.59. The van der Waals surface area contributed by atoms with Gasteiger partial charge in [-0.3, -0.25) is 14.4 Å². The van der Waals surface area contributed by atoms with E-state index in [2.05, 4.69) is 27.7 Å². The number of hydrogen-bond donors (Lipinski definition) is 0. The van der Waals surface area contributed by atoms with Gasteiger partial charge in [0.2, 0.25) is 0 Å². The van der Waals surface area contributed by atoms with Crippen molar-refractivity contribution in [1.29, 1.82) is 0 Å². The number of unbranched alkanes of at least 4 members (excludes halogenated alkanes) is 38. The summed E-state index contributed by atoms with van der Waals surface area (Å²) < 4.78 is 16.9. The SMILES string of the molecule is CCCCCCCCCCCCCCCCCCCCC(=O)O[C@H](COC(=O)CCCCCCCCCCCCCC)COC(=O)CCCCCCCCCCCCCC(C)C. The Balaban J connectivity index is 4.28. The number of esters is 3. The molecule has 0 aliphatic rings. The number of carbonyl (C=O) groups excluding carboxylic acids is 3. The van der Waals surface area contributed by atoms with Crippen molar-refractivity contribution in [2.75, 3.05) is 13.2 Å². The van der Waals surface area contributed by atoms with Gasteiger partial charge in [-0.2, -0.15) is 0 Å². The summed E-state index contributed by atoms with van der Waals surface area (Å²) in [7, 11) is 0. The Morgan fingerprint density at radius 2 is 0.532 bits per heavy atom. The standard InChI is InChI=1S/C56H108O6/c1-5-7-9-11-13-15-17-19-20-21-22-23-24-28-33-37-41-45-49-56(59)62-53(50-60-54(57)47-43-39-35-31-27-18-16-14-12-10-8-6-2)51-61-55(58)48-44-40-36-32-29-25-26-30-34-38-42-46-52(3)4/h52-53H,5-51H2,1-4H3/t53-/m1/s1. The molecule has 0 N–H and O–H groups in total. The summed E-state index contributed by atoms with van der Waals surface area (Å²) in [5, 5.41) is 0. The van der Waals surface area contributed by atoms with Crippen LogP contribution in [0.4, 0.5) is 0 Å². The maximum Gasteiger partial charge on any atom is 0.306 e. The molecule has 0 bridgehead atoms. The van der Waals surface area contributed by atoms with Gasteiger partial charge >= 0.3 is 17.9 Å². The van der Waals surface area contributed by atoms with Crippen molar-refractivity contribution in [1.82, 2.24) is 0 Å². The van der Waals surface area contributed by atoms with Crippen LogP contribution in [0.15, 0.2) is 0 Å². The molecule has 6 nitrogen and oxygen atoms in total. The van der Waals surface area contributed by atoms with Gasteiger partial charge in [0.05, 0.1) is 0 Å². The quantitative estimate of drug-likeness (QED) is 0.0344. The van der Waals surface area contributed by atoms with Gasteiger partial charge in [0, 0.05) is 19.3 Å². The van der Waals surface area contributed by atoms with Crippen molar-refractivity contribution < 1.29 is 28.6 Å². The number of rotatable bonds is 51. The van der Waals surface area contributed by atoms with Crippen molar-refractivity contribution >= 4 is 17.9 Å². The van der Waals surface area contributed by atoms with E-state index in [0.29, 0.717) is 19.3 Å². The van der Waals surface area contributed by atoms with E-state index < -0.39 is 6.10 Å². The molecular weight excluding hydrogens is 769 g/mol. The summed E-state index contributed by atoms with van der Waals surface area (Å²) in [5.74, 6) is -0.0123. The molecule has 0 fully saturated rings. The average Bonchev–Trinajstić information content (AvgIpc) is 3.26. The summed E-state index contributed by atoms with van der Waals surface area (Å²) in [4.78, 5) is 38.0. The summed E-state index contributed by atoms with van der Waals surface area (Å²) in [5.41, 5.74) is 0. The minimum absolute atomic E-state index is 0.0623. The lowest BCUT2D eigenvalue weighted by Crippen LogP contribution is -2.30. The third-order valence-corrected chi connectivity index (χ3v) is 12.8. The molecule has 0 rings (SSSR count). The topological polar surface area (TPSA) is 78.9 Å². The van der Waals surface area contributed by atoms with Crippen LogP contribution in [0.5, 0.6) is 0 Å². The third-order valence-electron chi connectivity index (χ3n) is 12.8. The minimum atomic E-state index is -0.761. The van der Waals surface area contributed by atoms with Gasteiger partial charge in [-0.05, 0) is 25.2 Å². The molecule has 1 atom stereocenters. The zero-order valence-electron chi connectivity index (χ0n) is 42.3. The highest BCUT2D eigenvalue weighted by molar-refractivity contribution is 5.71. The van der Waals surface area contributed by atoms with Crippen LogP contribution in [0.25, 0.3) is 0 Å². The van der Waals surface area contributed by atoms with Gasteiger partial charge in [0.25, 0.3) is 0 Å². The van der Waals surface area contributed by atoms with Gasteiger partial charge in [-0.15, -0.1) is 0 Å². The second-order valence-electron chi connectivity index (χ2n) is 19.7. The Kier molecular flexibility index (Phi) is 49.1. The summed E-state index contributed by atoms with van der Waals surface area (Å²) in [6.07, 6.45) is 53.7. The van der Waals surface area contributed by atoms with E-state index in [4.69, 9.17) is 14.2 Å². The van der Waals surface area contributed by atoms with E-state index in [0.717, 1.165) is 63.7 Å². The fourth-order valence-corrected chi connectivity index (χ4v) is 8.57. The van der Waals surface area contributed by atoms with Gasteiger partial charge in [-0.1, -0.05) is 278 Å². The molecule has 6 heteroatoms. The normalized spacial score (nSPS) is 12.0. The lowest BCUT2D eigenvalue weighted by molar-refractivity contribution is -0.167. The summed E-state index contributed by atoms with van der Waals surface area (Å²) in [6.45, 7) is 9.04. The lowest BCUT2D eigenvalue weighted by atomic mass is 10.0. The van der Waals surface area contributed by atoms with Gasteiger partial charge in [0.15, 0.2) is 6.10 Å². The van der Waals surface area contributed by atoms with Crippen molar-refractivity contribution in [2.24, 2.45) is 5.92 Å². The molecule has 0 unspecified atom stereocenters. The van der Waals surface area contributed by atoms with Gasteiger partial charge < -0.3 is 14.2 Å². The van der Waals surface area contributed by atoms with Crippen LogP contribution >= 0.6 is 0 Å². The first kappa shape index (κ1) is 60.4. The van der Waals surface area contributed by atoms with E-state index in [-0.39, 0.29) is 31.1 Å². The maximum absolute atomic E-state index is 12.8. The molecule has 0 spiro atoms. The Morgan fingerprint density at radius 3 is 0.790 bits per heavy atom. The van der Waals surface area contributed by atoms with Crippen LogP contribution in [-0.2, 0) is 28.6 Å². The Labute approximate surface area is 387 Å². The van der Waals surface area contributed by atoms with Crippen LogP contribution in [-0.4, -0.2) is 37.2 Å². The average molecular weight is 877 g/mol. The van der Waals surface area contributed by atoms with Crippen molar-refractivity contribution in [3.8, 4) is 0 Å². The minimum Gasteiger partial charge on any atom is -0.462 e. The predicted molar refractivity (Wildman–Crippen MR) is 266 cm³/mol. The van der Waals surface area contributed by atoms with Crippen molar-refractivity contribution in [2.45, 2.75) is 323 Å². The molecule has 62 heavy (non-hydrogen) atoms. The molecule has 0 amide bonds. The molecule has 0 saturated heterocycles. The van der Waals surface area contributed by atoms with Crippen LogP contribution in [0.2, 0.25) is 0 Å². The first-order valence-electron chi connectivity index (χ1n) is 27.9. The lowest BCUT2D eigenvalue weighted by Gasteiger charge is -2.18. The largest absolute Gasteiger partial charge is 0.462 e. The molecule has 0 aliphatic carbocycles. The van der Waals surface area contributed by atoms with Crippen molar-refractivity contribution in [3.63, 3.8) is 0 Å². The highest BCUT2D eigenvalue weighted by Gasteiger charge is 2.19. The predicted octanol–water partition coefficient (Wildman–Crippen LogP) is 18.2. The molecule has 0 saturated carbocycles. The van der Waals surface area contributed by atoms with E-state index in [9.17, 15) is 14.4 Å². The third kappa shape index (κ3) is 49.4. The fourth-order valence-electron chi connectivity index (χ4n) is 8.57. The molecule has 0 aromatic rings. The number of carbonyl (C=O) groups is 3. The van der Waals surface area contributed by atoms with E-state index in [1.54, 1.807) is 0 Å². The van der Waals surface area contributed by atoms with E-state index in [1.807, 2.05) is 0 Å². The summed E-state index contributed by atoms with van der Waals surface area (Å²) in [6, 6.07) is 0. The van der Waals surface area contributed by atoms with Crippen molar-refractivity contribution in [3.05, 3.63) is 0 Å². The smallest absolute Gasteiger partial charge is 0.306 e. The highest BCUT2D eigenvalue weighted by Crippen LogP contribution is 2.18. The molecule has 368 valence electrons. The monoisotopic (exact) mass is 877 g/mol. The van der Waals surface area contributed by atoms with E-state index >= 15 is 0 Å². The summed E-state index contributed by atoms with van der Waals surface area (Å²) >= 11 is 0. The molecule has 0 radical (unpaired) electrons. The second kappa shape index (κ2) is 50.4. The molecular formula is C56H108O6. The zero-order valence-corrected chi connectivity index (χ0v) is 42.3. The zero-order chi connectivity index (χ0) is 45.2. The van der Waals surface area contributed by atoms with Gasteiger partial charge in [-0.25, -0.2) is 0 Å². The molecule has 0 aromatic heterocycles. The molecule has 0 heterocycles. The number of ether oxygens (including phenoxy) is 3. The van der Waals surface area contributed by atoms with Crippen LogP contribution in [0, 0.1) is 5.92 Å². The second-order valence-corrected chi connectivity index (χ2v) is 19.7. The molecule has 0 aliphatic heterocycles. The van der Waals surface area contributed by atoms with Crippen LogP contribution in [0.1, 0.15) is 317 Å². The van der Waals surface area contributed by atoms with E-state index in [1.165, 1.54) is 212 Å². The number of hydrogen-bond acceptors (Lipinski definition) is 6. The Morgan fingerprint density at radius 1 is 0.306 bits per heavy atom. The van der Waals surface area contributed by atoms with Crippen LogP contribution < -0.4 is 0 Å². The maximum atomic E-state index is 12.8. The first-order valence-corrected chi connectivity index (χ1v) is 27.9. The first-order chi connectivity index (χ1) is 30.4. The molecule has 0 aromatic carbocycles. The van der Waals surface area contributed by atoms with Gasteiger partial charge in [0.1, 0.15) is 13.2 Å². The fraction of sp³-hybridized carbons (Fsp3) is 0.946.